The van der Waals surface area contributed by atoms with Crippen LogP contribution in [-0.4, -0.2) is 26.6 Å². The number of phenolic OH excluding ortho intramolecular Hbond substituents is 1. The second-order valence-electron chi connectivity index (χ2n) is 5.71. The maximum atomic E-state index is 12.7. The van der Waals surface area contributed by atoms with E-state index in [0.29, 0.717) is 21.2 Å². The van der Waals surface area contributed by atoms with E-state index in [0.717, 1.165) is 17.4 Å². The third-order valence-electron chi connectivity index (χ3n) is 3.78. The first-order valence-corrected chi connectivity index (χ1v) is 10.5. The van der Waals surface area contributed by atoms with E-state index in [-0.39, 0.29) is 15.5 Å². The summed E-state index contributed by atoms with van der Waals surface area (Å²) in [5.74, 6) is -1.14. The van der Waals surface area contributed by atoms with Crippen molar-refractivity contribution in [2.75, 3.05) is 17.6 Å². The monoisotopic (exact) mass is 438 g/mol. The number of ether oxygens (including phenoxy) is 1. The molecule has 0 aliphatic heterocycles. The van der Waals surface area contributed by atoms with Gasteiger partial charge in [0.25, 0.3) is 10.0 Å². The van der Waals surface area contributed by atoms with Gasteiger partial charge in [0, 0.05) is 17.3 Å². The Morgan fingerprint density at radius 2 is 1.96 bits per heavy atom. The largest absolute Gasteiger partial charge is 0.507 e. The van der Waals surface area contributed by atoms with Gasteiger partial charge in [-0.05, 0) is 35.9 Å². The molecule has 28 heavy (non-hydrogen) atoms. The zero-order valence-electron chi connectivity index (χ0n) is 14.5. The number of anilines is 2. The molecular weight excluding hydrogens is 424 g/mol. The fourth-order valence-electron chi connectivity index (χ4n) is 2.47. The summed E-state index contributed by atoms with van der Waals surface area (Å²) >= 11 is 7.13. The number of benzene rings is 2. The van der Waals surface area contributed by atoms with E-state index in [1.165, 1.54) is 25.3 Å². The summed E-state index contributed by atoms with van der Waals surface area (Å²) in [6.07, 6.45) is 0. The number of aromatic hydroxyl groups is 1. The summed E-state index contributed by atoms with van der Waals surface area (Å²) in [7, 11) is -2.79. The Balaban J connectivity index is 1.91. The van der Waals surface area contributed by atoms with Gasteiger partial charge < -0.3 is 15.6 Å². The second-order valence-corrected chi connectivity index (χ2v) is 9.27. The van der Waals surface area contributed by atoms with Crippen LogP contribution >= 0.6 is 22.9 Å². The van der Waals surface area contributed by atoms with Crippen LogP contribution < -0.4 is 10.5 Å². The number of methoxy groups -OCH3 is 1. The van der Waals surface area contributed by atoms with Crippen LogP contribution in [0.25, 0.3) is 11.1 Å². The van der Waals surface area contributed by atoms with Crippen molar-refractivity contribution in [1.29, 1.82) is 0 Å². The number of hydrogen-bond acceptors (Lipinski definition) is 7. The predicted molar refractivity (Wildman–Crippen MR) is 109 cm³/mol. The summed E-state index contributed by atoms with van der Waals surface area (Å²) in [4.78, 5) is 11.5. The molecule has 1 aromatic heterocycles. The highest BCUT2D eigenvalue weighted by molar-refractivity contribution is 7.94. The summed E-state index contributed by atoms with van der Waals surface area (Å²) < 4.78 is 32.6. The van der Waals surface area contributed by atoms with Crippen molar-refractivity contribution >= 4 is 50.3 Å². The average Bonchev–Trinajstić information content (AvgIpc) is 3.04. The number of sulfonamides is 1. The van der Waals surface area contributed by atoms with E-state index in [1.807, 2.05) is 0 Å². The predicted octanol–water partition coefficient (Wildman–Crippen LogP) is 3.94. The molecule has 3 rings (SSSR count). The zero-order chi connectivity index (χ0) is 20.5. The molecule has 2 aromatic carbocycles. The molecule has 10 heteroatoms. The van der Waals surface area contributed by atoms with Gasteiger partial charge in [0.05, 0.1) is 12.8 Å². The molecule has 3 aromatic rings. The molecule has 0 spiro atoms. The molecular formula is C18H15ClN2O5S2. The van der Waals surface area contributed by atoms with Gasteiger partial charge in [0.2, 0.25) is 0 Å². The number of carbonyl (C=O) groups excluding carboxylic acids is 1. The molecule has 0 bridgehead atoms. The third-order valence-corrected chi connectivity index (χ3v) is 7.00. The van der Waals surface area contributed by atoms with Gasteiger partial charge in [-0.2, -0.15) is 0 Å². The summed E-state index contributed by atoms with van der Waals surface area (Å²) in [5.41, 5.74) is 7.55. The number of phenols is 1. The molecule has 4 N–H and O–H groups in total. The Kier molecular flexibility index (Phi) is 5.50. The number of nitrogen functional groups attached to an aromatic ring is 1. The van der Waals surface area contributed by atoms with Gasteiger partial charge in [-0.15, -0.1) is 11.3 Å². The zero-order valence-corrected chi connectivity index (χ0v) is 16.9. The van der Waals surface area contributed by atoms with E-state index >= 15 is 0 Å². The van der Waals surface area contributed by atoms with Gasteiger partial charge in [0.15, 0.2) is 0 Å². The Morgan fingerprint density at radius 3 is 2.61 bits per heavy atom. The quantitative estimate of drug-likeness (QED) is 0.410. The minimum atomic E-state index is -3.96. The second kappa shape index (κ2) is 7.70. The molecule has 0 saturated heterocycles. The highest BCUT2D eigenvalue weighted by atomic mass is 35.5. The maximum Gasteiger partial charge on any atom is 0.341 e. The van der Waals surface area contributed by atoms with Crippen LogP contribution in [0.1, 0.15) is 10.4 Å². The van der Waals surface area contributed by atoms with Crippen molar-refractivity contribution in [2.24, 2.45) is 0 Å². The number of esters is 1. The first-order valence-electron chi connectivity index (χ1n) is 7.80. The lowest BCUT2D eigenvalue weighted by molar-refractivity contribution is 0.0597. The van der Waals surface area contributed by atoms with Gasteiger partial charge in [0.1, 0.15) is 19.9 Å². The minimum absolute atomic E-state index is 0.00791. The molecule has 1 heterocycles. The fourth-order valence-corrected chi connectivity index (χ4v) is 5.28. The SMILES string of the molecule is COC(=O)c1ccc(NS(=O)(=O)c2cc(-c3cccc(N)c3)c(Cl)s2)cc1O. The lowest BCUT2D eigenvalue weighted by Gasteiger charge is -2.08. The summed E-state index contributed by atoms with van der Waals surface area (Å²) in [6.45, 7) is 0. The lowest BCUT2D eigenvalue weighted by Crippen LogP contribution is -2.11. The van der Waals surface area contributed by atoms with Crippen LogP contribution in [0.2, 0.25) is 4.34 Å². The standard InChI is InChI=1S/C18H15ClN2O5S2/c1-26-18(23)13-6-5-12(8-15(13)22)21-28(24,25)16-9-14(17(19)27-16)10-3-2-4-11(20)7-10/h2-9,21-22H,20H2,1H3. The average molecular weight is 439 g/mol. The van der Waals surface area contributed by atoms with Crippen molar-refractivity contribution in [3.8, 4) is 16.9 Å². The summed E-state index contributed by atoms with van der Waals surface area (Å²) in [5, 5.41) is 9.92. The molecule has 0 radical (unpaired) electrons. The molecule has 0 unspecified atom stereocenters. The van der Waals surface area contributed by atoms with Crippen LogP contribution in [-0.2, 0) is 14.8 Å². The van der Waals surface area contributed by atoms with Crippen LogP contribution in [0.3, 0.4) is 0 Å². The van der Waals surface area contributed by atoms with E-state index in [4.69, 9.17) is 17.3 Å². The van der Waals surface area contributed by atoms with E-state index in [2.05, 4.69) is 9.46 Å². The lowest BCUT2D eigenvalue weighted by atomic mass is 10.1. The Hall–Kier alpha value is -2.75. The first-order chi connectivity index (χ1) is 13.2. The Bertz CT molecular complexity index is 1160. The number of halogens is 1. The fraction of sp³-hybridized carbons (Fsp3) is 0.0556. The van der Waals surface area contributed by atoms with Gasteiger partial charge in [-0.1, -0.05) is 23.7 Å². The Morgan fingerprint density at radius 1 is 1.21 bits per heavy atom. The van der Waals surface area contributed by atoms with E-state index in [9.17, 15) is 18.3 Å². The maximum absolute atomic E-state index is 12.7. The topological polar surface area (TPSA) is 119 Å². The Labute approximate surface area is 170 Å². The third kappa shape index (κ3) is 4.06. The normalized spacial score (nSPS) is 11.2. The molecule has 0 aliphatic rings. The van der Waals surface area contributed by atoms with Crippen molar-refractivity contribution in [3.05, 3.63) is 58.4 Å². The van der Waals surface area contributed by atoms with Crippen molar-refractivity contribution < 1.29 is 23.1 Å². The first kappa shape index (κ1) is 20.0. The smallest absolute Gasteiger partial charge is 0.341 e. The van der Waals surface area contributed by atoms with Crippen LogP contribution in [0.5, 0.6) is 5.75 Å². The highest BCUT2D eigenvalue weighted by Crippen LogP contribution is 2.39. The van der Waals surface area contributed by atoms with Crippen molar-refractivity contribution in [1.82, 2.24) is 0 Å². The van der Waals surface area contributed by atoms with Crippen LogP contribution in [0.4, 0.5) is 11.4 Å². The number of thiophene rings is 1. The molecule has 0 saturated carbocycles. The molecule has 7 nitrogen and oxygen atoms in total. The molecule has 0 amide bonds. The van der Waals surface area contributed by atoms with E-state index in [1.54, 1.807) is 24.3 Å². The van der Waals surface area contributed by atoms with E-state index < -0.39 is 21.7 Å². The number of nitrogens with two attached hydrogens (primary N) is 1. The summed E-state index contributed by atoms with van der Waals surface area (Å²) in [6, 6.07) is 12.1. The van der Waals surface area contributed by atoms with Crippen molar-refractivity contribution in [2.45, 2.75) is 4.21 Å². The highest BCUT2D eigenvalue weighted by Gasteiger charge is 2.22. The molecule has 0 aliphatic carbocycles. The van der Waals surface area contributed by atoms with Gasteiger partial charge in [-0.25, -0.2) is 13.2 Å². The number of rotatable bonds is 5. The van der Waals surface area contributed by atoms with Crippen molar-refractivity contribution in [3.63, 3.8) is 0 Å². The number of hydrogen-bond donors (Lipinski definition) is 3. The molecule has 146 valence electrons. The molecule has 0 fully saturated rings. The van der Waals surface area contributed by atoms with Crippen LogP contribution in [0, 0.1) is 0 Å². The minimum Gasteiger partial charge on any atom is -0.507 e. The number of nitrogens with one attached hydrogen (secondary N) is 1. The van der Waals surface area contributed by atoms with Gasteiger partial charge >= 0.3 is 5.97 Å². The number of carbonyl (C=O) groups is 1. The van der Waals surface area contributed by atoms with Crippen LogP contribution in [0.15, 0.2) is 52.7 Å². The van der Waals surface area contributed by atoms with Gasteiger partial charge in [-0.3, -0.25) is 4.72 Å². The molecule has 0 atom stereocenters.